The topological polar surface area (TPSA) is 50.8 Å². The van der Waals surface area contributed by atoms with Gasteiger partial charge in [-0.15, -0.1) is 11.3 Å². The standard InChI is InChI=1S/C24H26FN3O2S/c1-2-3-18-13-23(29)28-19(15-31-24(28)26-18)8-11-27-9-6-16(7-10-27)21-14-30-22-12-17(25)4-5-20(21)22/h4-5,12-16H,2-3,6-11H2,1H3. The third kappa shape index (κ3) is 4.04. The summed E-state index contributed by atoms with van der Waals surface area (Å²) in [5, 5.41) is 3.10. The fourth-order valence-corrected chi connectivity index (χ4v) is 5.60. The number of hydrogen-bond acceptors (Lipinski definition) is 5. The largest absolute Gasteiger partial charge is 0.464 e. The fourth-order valence-electron chi connectivity index (χ4n) is 4.66. The average molecular weight is 440 g/mol. The van der Waals surface area contributed by atoms with Gasteiger partial charge in [0.05, 0.1) is 6.26 Å². The minimum Gasteiger partial charge on any atom is -0.464 e. The zero-order valence-electron chi connectivity index (χ0n) is 17.6. The molecule has 0 radical (unpaired) electrons. The van der Waals surface area contributed by atoms with Crippen LogP contribution < -0.4 is 5.56 Å². The zero-order valence-corrected chi connectivity index (χ0v) is 18.5. The number of thiazole rings is 1. The lowest BCUT2D eigenvalue weighted by Crippen LogP contribution is -2.34. The number of benzene rings is 1. The molecule has 1 saturated heterocycles. The van der Waals surface area contributed by atoms with Crippen LogP contribution in [0.3, 0.4) is 0 Å². The molecule has 0 spiro atoms. The van der Waals surface area contributed by atoms with Gasteiger partial charge in [-0.05, 0) is 50.4 Å². The summed E-state index contributed by atoms with van der Waals surface area (Å²) in [7, 11) is 0. The third-order valence-corrected chi connectivity index (χ3v) is 7.19. The van der Waals surface area contributed by atoms with E-state index >= 15 is 0 Å². The summed E-state index contributed by atoms with van der Waals surface area (Å²) >= 11 is 1.55. The molecule has 5 rings (SSSR count). The van der Waals surface area contributed by atoms with Crippen molar-refractivity contribution in [2.24, 2.45) is 0 Å². The minimum absolute atomic E-state index is 0.0340. The Morgan fingerprint density at radius 1 is 1.23 bits per heavy atom. The number of piperidine rings is 1. The normalized spacial score (nSPS) is 15.9. The monoisotopic (exact) mass is 439 g/mol. The van der Waals surface area contributed by atoms with E-state index in [0.717, 1.165) is 73.5 Å². The van der Waals surface area contributed by atoms with Gasteiger partial charge in [-0.3, -0.25) is 9.20 Å². The molecule has 0 unspecified atom stereocenters. The van der Waals surface area contributed by atoms with Crippen LogP contribution in [-0.4, -0.2) is 33.9 Å². The Bertz CT molecular complexity index is 1270. The van der Waals surface area contributed by atoms with Gasteiger partial charge in [0.15, 0.2) is 4.96 Å². The zero-order chi connectivity index (χ0) is 21.4. The van der Waals surface area contributed by atoms with E-state index in [1.165, 1.54) is 17.7 Å². The van der Waals surface area contributed by atoms with Crippen molar-refractivity contribution in [3.8, 4) is 0 Å². The lowest BCUT2D eigenvalue weighted by molar-refractivity contribution is 0.214. The Labute approximate surface area is 184 Å². The molecule has 4 aromatic rings. The SMILES string of the molecule is CCCc1cc(=O)n2c(CCN3CCC(c4coc5cc(F)ccc45)CC3)csc2n1. The Morgan fingerprint density at radius 2 is 2.06 bits per heavy atom. The van der Waals surface area contributed by atoms with Crippen LogP contribution >= 0.6 is 11.3 Å². The Morgan fingerprint density at radius 3 is 2.87 bits per heavy atom. The lowest BCUT2D eigenvalue weighted by Gasteiger charge is -2.31. The molecule has 4 heterocycles. The lowest BCUT2D eigenvalue weighted by atomic mass is 9.89. The molecule has 1 aliphatic rings. The number of fused-ring (bicyclic) bond motifs is 2. The van der Waals surface area contributed by atoms with E-state index in [2.05, 4.69) is 22.2 Å². The van der Waals surface area contributed by atoms with Crippen molar-refractivity contribution in [3.63, 3.8) is 0 Å². The van der Waals surface area contributed by atoms with Crippen LogP contribution in [0, 0.1) is 5.82 Å². The van der Waals surface area contributed by atoms with E-state index in [1.54, 1.807) is 28.1 Å². The summed E-state index contributed by atoms with van der Waals surface area (Å²) in [6.45, 7) is 5.04. The second kappa shape index (κ2) is 8.55. The van der Waals surface area contributed by atoms with Crippen LogP contribution in [0.15, 0.2) is 45.1 Å². The van der Waals surface area contributed by atoms with Gasteiger partial charge in [-0.1, -0.05) is 13.3 Å². The van der Waals surface area contributed by atoms with Crippen LogP contribution in [0.4, 0.5) is 4.39 Å². The van der Waals surface area contributed by atoms with E-state index in [1.807, 2.05) is 6.07 Å². The van der Waals surface area contributed by atoms with Gasteiger partial charge in [0.1, 0.15) is 11.4 Å². The number of rotatable bonds is 6. The number of halogens is 1. The van der Waals surface area contributed by atoms with E-state index in [4.69, 9.17) is 4.42 Å². The number of nitrogens with zero attached hydrogens (tertiary/aromatic N) is 3. The molecule has 0 bridgehead atoms. The molecule has 0 aliphatic carbocycles. The first-order valence-electron chi connectivity index (χ1n) is 11.0. The molecular formula is C24H26FN3O2S. The highest BCUT2D eigenvalue weighted by Crippen LogP contribution is 2.34. The molecule has 162 valence electrons. The van der Waals surface area contributed by atoms with Crippen LogP contribution in [0.1, 0.15) is 49.1 Å². The summed E-state index contributed by atoms with van der Waals surface area (Å²) in [6.07, 6.45) is 6.58. The molecule has 3 aromatic heterocycles. The molecule has 31 heavy (non-hydrogen) atoms. The highest BCUT2D eigenvalue weighted by atomic mass is 32.1. The Kier molecular flexibility index (Phi) is 5.63. The first kappa shape index (κ1) is 20.4. The maximum Gasteiger partial charge on any atom is 0.258 e. The smallest absolute Gasteiger partial charge is 0.258 e. The molecule has 0 saturated carbocycles. The van der Waals surface area contributed by atoms with Crippen molar-refractivity contribution in [2.45, 2.75) is 44.9 Å². The minimum atomic E-state index is -0.264. The van der Waals surface area contributed by atoms with Crippen molar-refractivity contribution in [2.75, 3.05) is 19.6 Å². The van der Waals surface area contributed by atoms with Crippen LogP contribution in [0.5, 0.6) is 0 Å². The Hall–Kier alpha value is -2.51. The van der Waals surface area contributed by atoms with E-state index in [0.29, 0.717) is 11.5 Å². The highest BCUT2D eigenvalue weighted by Gasteiger charge is 2.24. The summed E-state index contributed by atoms with van der Waals surface area (Å²) in [5.41, 5.74) is 3.79. The van der Waals surface area contributed by atoms with Gasteiger partial charge in [0, 0.05) is 52.8 Å². The maximum absolute atomic E-state index is 13.4. The number of aromatic nitrogens is 2. The number of furan rings is 1. The molecule has 5 nitrogen and oxygen atoms in total. The van der Waals surface area contributed by atoms with E-state index in [-0.39, 0.29) is 11.4 Å². The summed E-state index contributed by atoms with van der Waals surface area (Å²) in [4.78, 5) is 20.5. The van der Waals surface area contributed by atoms with Gasteiger partial charge < -0.3 is 9.32 Å². The van der Waals surface area contributed by atoms with Gasteiger partial charge in [-0.25, -0.2) is 9.37 Å². The van der Waals surface area contributed by atoms with Crippen molar-refractivity contribution in [1.82, 2.24) is 14.3 Å². The van der Waals surface area contributed by atoms with Crippen LogP contribution in [0.2, 0.25) is 0 Å². The molecule has 0 atom stereocenters. The van der Waals surface area contributed by atoms with Crippen molar-refractivity contribution in [3.05, 3.63) is 69.0 Å². The number of likely N-dealkylation sites (tertiary alicyclic amines) is 1. The van der Waals surface area contributed by atoms with Crippen molar-refractivity contribution >= 4 is 27.3 Å². The highest BCUT2D eigenvalue weighted by molar-refractivity contribution is 7.15. The second-order valence-electron chi connectivity index (χ2n) is 8.38. The Balaban J connectivity index is 1.23. The summed E-state index contributed by atoms with van der Waals surface area (Å²) in [6, 6.07) is 6.47. The molecule has 1 aliphatic heterocycles. The maximum atomic E-state index is 13.4. The van der Waals surface area contributed by atoms with E-state index < -0.39 is 0 Å². The van der Waals surface area contributed by atoms with Gasteiger partial charge in [-0.2, -0.15) is 0 Å². The number of aryl methyl sites for hydroxylation is 1. The predicted molar refractivity (Wildman–Crippen MR) is 122 cm³/mol. The molecular weight excluding hydrogens is 413 g/mol. The van der Waals surface area contributed by atoms with E-state index in [9.17, 15) is 9.18 Å². The van der Waals surface area contributed by atoms with Crippen molar-refractivity contribution in [1.29, 1.82) is 0 Å². The van der Waals surface area contributed by atoms with Gasteiger partial charge >= 0.3 is 0 Å². The average Bonchev–Trinajstić information content (AvgIpc) is 3.37. The quantitative estimate of drug-likeness (QED) is 0.424. The molecule has 0 N–H and O–H groups in total. The van der Waals surface area contributed by atoms with Crippen molar-refractivity contribution < 1.29 is 8.81 Å². The van der Waals surface area contributed by atoms with Gasteiger partial charge in [0.25, 0.3) is 5.56 Å². The number of hydrogen-bond donors (Lipinski definition) is 0. The van der Waals surface area contributed by atoms with Gasteiger partial charge in [0.2, 0.25) is 0 Å². The molecule has 0 amide bonds. The van der Waals surface area contributed by atoms with Crippen LogP contribution in [0.25, 0.3) is 15.9 Å². The first-order chi connectivity index (χ1) is 15.1. The second-order valence-corrected chi connectivity index (χ2v) is 9.21. The molecule has 1 aromatic carbocycles. The summed E-state index contributed by atoms with van der Waals surface area (Å²) in [5.74, 6) is 0.175. The third-order valence-electron chi connectivity index (χ3n) is 6.31. The van der Waals surface area contributed by atoms with Crippen LogP contribution in [-0.2, 0) is 12.8 Å². The first-order valence-corrected chi connectivity index (χ1v) is 11.9. The molecule has 1 fully saturated rings. The summed E-state index contributed by atoms with van der Waals surface area (Å²) < 4.78 is 20.8. The predicted octanol–water partition coefficient (Wildman–Crippen LogP) is 5.02. The fraction of sp³-hybridized carbons (Fsp3) is 0.417. The molecule has 7 heteroatoms.